The second kappa shape index (κ2) is 5.78. The molecule has 0 aromatic heterocycles. The van der Waals surface area contributed by atoms with Gasteiger partial charge in [0.1, 0.15) is 13.2 Å². The van der Waals surface area contributed by atoms with E-state index in [0.717, 1.165) is 29.1 Å². The first-order valence-electron chi connectivity index (χ1n) is 7.53. The number of likely N-dealkylation sites (tertiary alicyclic amines) is 1. The molecule has 0 radical (unpaired) electrons. The predicted octanol–water partition coefficient (Wildman–Crippen LogP) is 2.95. The highest BCUT2D eigenvalue weighted by atomic mass is 79.9. The summed E-state index contributed by atoms with van der Waals surface area (Å²) in [6.07, 6.45) is 1.22. The average molecular weight is 355 g/mol. The first-order valence-corrected chi connectivity index (χ1v) is 8.33. The molecule has 0 spiro atoms. The van der Waals surface area contributed by atoms with E-state index in [0.29, 0.717) is 25.2 Å². The van der Waals surface area contributed by atoms with Crippen molar-refractivity contribution in [3.05, 3.63) is 22.2 Å². The van der Waals surface area contributed by atoms with Gasteiger partial charge in [-0.15, -0.1) is 0 Å². The Hall–Kier alpha value is -0.780. The van der Waals surface area contributed by atoms with Crippen LogP contribution in [0.1, 0.15) is 31.9 Å². The summed E-state index contributed by atoms with van der Waals surface area (Å²) in [5, 5.41) is 0. The normalized spacial score (nSPS) is 22.3. The molecule has 1 aromatic rings. The molecule has 5 heteroatoms. The molecule has 0 saturated carbocycles. The van der Waals surface area contributed by atoms with Crippen LogP contribution in [0.15, 0.2) is 16.6 Å². The van der Waals surface area contributed by atoms with Crippen LogP contribution < -0.4 is 15.2 Å². The van der Waals surface area contributed by atoms with Gasteiger partial charge in [0, 0.05) is 19.1 Å². The van der Waals surface area contributed by atoms with Crippen molar-refractivity contribution in [1.82, 2.24) is 4.90 Å². The summed E-state index contributed by atoms with van der Waals surface area (Å²) < 4.78 is 12.3. The number of halogens is 1. The van der Waals surface area contributed by atoms with E-state index < -0.39 is 0 Å². The van der Waals surface area contributed by atoms with Crippen molar-refractivity contribution < 1.29 is 9.47 Å². The SMILES string of the molecule is CC1(C)CCN(C(CN)c2cc(Br)c3c(c2)OCCO3)C1. The van der Waals surface area contributed by atoms with E-state index in [-0.39, 0.29) is 6.04 Å². The van der Waals surface area contributed by atoms with Crippen molar-refractivity contribution >= 4 is 15.9 Å². The summed E-state index contributed by atoms with van der Waals surface area (Å²) in [5.41, 5.74) is 7.64. The van der Waals surface area contributed by atoms with E-state index >= 15 is 0 Å². The van der Waals surface area contributed by atoms with Gasteiger partial charge in [-0.25, -0.2) is 0 Å². The van der Waals surface area contributed by atoms with Gasteiger partial charge in [0.25, 0.3) is 0 Å². The van der Waals surface area contributed by atoms with Crippen LogP contribution in [0, 0.1) is 5.41 Å². The number of rotatable bonds is 3. The minimum absolute atomic E-state index is 0.235. The molecule has 21 heavy (non-hydrogen) atoms. The van der Waals surface area contributed by atoms with E-state index in [1.165, 1.54) is 12.0 Å². The van der Waals surface area contributed by atoms with Crippen molar-refractivity contribution in [1.29, 1.82) is 0 Å². The maximum atomic E-state index is 6.07. The molecule has 116 valence electrons. The molecule has 2 aliphatic heterocycles. The molecule has 2 aliphatic rings. The van der Waals surface area contributed by atoms with Crippen LogP contribution in [0.5, 0.6) is 11.5 Å². The quantitative estimate of drug-likeness (QED) is 0.906. The molecular formula is C16H23BrN2O2. The fraction of sp³-hybridized carbons (Fsp3) is 0.625. The topological polar surface area (TPSA) is 47.7 Å². The van der Waals surface area contributed by atoms with Crippen molar-refractivity contribution in [2.45, 2.75) is 26.3 Å². The van der Waals surface area contributed by atoms with Crippen LogP contribution in [0.3, 0.4) is 0 Å². The molecule has 1 atom stereocenters. The number of hydrogen-bond donors (Lipinski definition) is 1. The smallest absolute Gasteiger partial charge is 0.175 e. The monoisotopic (exact) mass is 354 g/mol. The summed E-state index contributed by atoms with van der Waals surface area (Å²) in [6, 6.07) is 4.44. The maximum absolute atomic E-state index is 6.07. The van der Waals surface area contributed by atoms with Gasteiger partial charge in [0.05, 0.1) is 4.47 Å². The lowest BCUT2D eigenvalue weighted by Crippen LogP contribution is -2.33. The van der Waals surface area contributed by atoms with E-state index in [4.69, 9.17) is 15.2 Å². The van der Waals surface area contributed by atoms with E-state index in [9.17, 15) is 0 Å². The van der Waals surface area contributed by atoms with Crippen molar-refractivity contribution in [3.8, 4) is 11.5 Å². The highest BCUT2D eigenvalue weighted by Crippen LogP contribution is 2.42. The van der Waals surface area contributed by atoms with Crippen LogP contribution in [0.4, 0.5) is 0 Å². The molecule has 1 aromatic carbocycles. The Morgan fingerprint density at radius 1 is 1.33 bits per heavy atom. The first kappa shape index (κ1) is 15.1. The Balaban J connectivity index is 1.89. The Bertz CT molecular complexity index is 533. The van der Waals surface area contributed by atoms with Crippen molar-refractivity contribution in [2.75, 3.05) is 32.8 Å². The van der Waals surface area contributed by atoms with E-state index in [2.05, 4.69) is 46.8 Å². The molecule has 1 saturated heterocycles. The van der Waals surface area contributed by atoms with Gasteiger partial charge in [0.2, 0.25) is 0 Å². The molecule has 1 unspecified atom stereocenters. The lowest BCUT2D eigenvalue weighted by atomic mass is 9.93. The molecule has 0 bridgehead atoms. The van der Waals surface area contributed by atoms with Crippen LogP contribution in [0.2, 0.25) is 0 Å². The predicted molar refractivity (Wildman–Crippen MR) is 86.9 cm³/mol. The second-order valence-electron chi connectivity index (χ2n) is 6.66. The minimum atomic E-state index is 0.235. The Morgan fingerprint density at radius 2 is 2.10 bits per heavy atom. The van der Waals surface area contributed by atoms with Gasteiger partial charge in [-0.1, -0.05) is 13.8 Å². The highest BCUT2D eigenvalue weighted by molar-refractivity contribution is 9.10. The fourth-order valence-electron chi connectivity index (χ4n) is 3.24. The molecule has 2 heterocycles. The lowest BCUT2D eigenvalue weighted by Gasteiger charge is -2.30. The molecule has 0 aliphatic carbocycles. The zero-order valence-electron chi connectivity index (χ0n) is 12.7. The van der Waals surface area contributed by atoms with E-state index in [1.54, 1.807) is 0 Å². The zero-order chi connectivity index (χ0) is 15.0. The van der Waals surface area contributed by atoms with Crippen LogP contribution in [-0.4, -0.2) is 37.7 Å². The summed E-state index contributed by atoms with van der Waals surface area (Å²) >= 11 is 3.60. The highest BCUT2D eigenvalue weighted by Gasteiger charge is 2.34. The minimum Gasteiger partial charge on any atom is -0.486 e. The molecule has 3 rings (SSSR count). The Kier molecular flexibility index (Phi) is 4.17. The number of ether oxygens (including phenoxy) is 2. The number of nitrogens with zero attached hydrogens (tertiary/aromatic N) is 1. The first-order chi connectivity index (χ1) is 10.00. The third kappa shape index (κ3) is 3.05. The molecule has 1 fully saturated rings. The van der Waals surface area contributed by atoms with E-state index in [1.807, 2.05) is 0 Å². The zero-order valence-corrected chi connectivity index (χ0v) is 14.3. The van der Waals surface area contributed by atoms with Crippen LogP contribution >= 0.6 is 15.9 Å². The lowest BCUT2D eigenvalue weighted by molar-refractivity contribution is 0.169. The Morgan fingerprint density at radius 3 is 2.76 bits per heavy atom. The van der Waals surface area contributed by atoms with Crippen molar-refractivity contribution in [2.24, 2.45) is 11.1 Å². The van der Waals surface area contributed by atoms with Gasteiger partial charge in [-0.2, -0.15) is 0 Å². The third-order valence-corrected chi connectivity index (χ3v) is 4.96. The van der Waals surface area contributed by atoms with Crippen LogP contribution in [0.25, 0.3) is 0 Å². The van der Waals surface area contributed by atoms with Gasteiger partial charge in [-0.05, 0) is 52.0 Å². The summed E-state index contributed by atoms with van der Waals surface area (Å²) in [7, 11) is 0. The van der Waals surface area contributed by atoms with Gasteiger partial charge < -0.3 is 15.2 Å². The summed E-state index contributed by atoms with van der Waals surface area (Å²) in [5.74, 6) is 1.63. The standard InChI is InChI=1S/C16H23BrN2O2/c1-16(2)3-4-19(10-16)13(9-18)11-7-12(17)15-14(8-11)20-5-6-21-15/h7-8,13H,3-6,9-10,18H2,1-2H3. The maximum Gasteiger partial charge on any atom is 0.175 e. The number of benzene rings is 1. The number of fused-ring (bicyclic) bond motifs is 1. The molecular weight excluding hydrogens is 332 g/mol. The fourth-order valence-corrected chi connectivity index (χ4v) is 3.81. The van der Waals surface area contributed by atoms with Crippen molar-refractivity contribution in [3.63, 3.8) is 0 Å². The number of nitrogens with two attached hydrogens (primary N) is 1. The summed E-state index contributed by atoms with van der Waals surface area (Å²) in [4.78, 5) is 2.48. The third-order valence-electron chi connectivity index (χ3n) is 4.37. The summed E-state index contributed by atoms with van der Waals surface area (Å²) in [6.45, 7) is 8.64. The average Bonchev–Trinajstić information content (AvgIpc) is 2.80. The van der Waals surface area contributed by atoms with Gasteiger partial charge in [0.15, 0.2) is 11.5 Å². The van der Waals surface area contributed by atoms with Gasteiger partial charge in [-0.3, -0.25) is 4.90 Å². The number of hydrogen-bond acceptors (Lipinski definition) is 4. The van der Waals surface area contributed by atoms with Gasteiger partial charge >= 0.3 is 0 Å². The molecule has 4 nitrogen and oxygen atoms in total. The largest absolute Gasteiger partial charge is 0.486 e. The van der Waals surface area contributed by atoms with Crippen LogP contribution in [-0.2, 0) is 0 Å². The Labute approximate surface area is 134 Å². The second-order valence-corrected chi connectivity index (χ2v) is 7.52. The molecule has 0 amide bonds. The molecule has 2 N–H and O–H groups in total.